The maximum absolute atomic E-state index is 13.5. The Morgan fingerprint density at radius 3 is 2.56 bits per heavy atom. The maximum atomic E-state index is 13.5. The van der Waals surface area contributed by atoms with Crippen molar-refractivity contribution in [1.82, 2.24) is 19.2 Å². The van der Waals surface area contributed by atoms with Gasteiger partial charge < -0.3 is 14.5 Å². The third-order valence-corrected chi connectivity index (χ3v) is 4.71. The highest BCUT2D eigenvalue weighted by Crippen LogP contribution is 2.34. The van der Waals surface area contributed by atoms with Gasteiger partial charge in [-0.1, -0.05) is 6.07 Å². The van der Waals surface area contributed by atoms with Crippen LogP contribution in [0.4, 0.5) is 18.9 Å². The second-order valence-electron chi connectivity index (χ2n) is 7.41. The topological polar surface area (TPSA) is 73.5 Å². The summed E-state index contributed by atoms with van der Waals surface area (Å²) in [7, 11) is 0. The van der Waals surface area contributed by atoms with Gasteiger partial charge in [-0.05, 0) is 50.2 Å². The molecule has 0 aliphatic heterocycles. The fraction of sp³-hybridized carbons (Fsp3) is 0.227. The molecule has 1 amide bonds. The van der Waals surface area contributed by atoms with Gasteiger partial charge in [-0.3, -0.25) is 9.48 Å². The predicted molar refractivity (Wildman–Crippen MR) is 112 cm³/mol. The summed E-state index contributed by atoms with van der Waals surface area (Å²) in [5, 5.41) is 6.21. The first-order valence-electron chi connectivity index (χ1n) is 9.84. The average Bonchev–Trinajstić information content (AvgIpc) is 3.37. The van der Waals surface area contributed by atoms with E-state index in [0.717, 1.165) is 22.2 Å². The number of carbonyl (C=O) groups is 1. The lowest BCUT2D eigenvalue weighted by molar-refractivity contribution is -0.145. The molecule has 1 N–H and O–H groups in total. The number of hydrogen-bond acceptors (Lipinski definition) is 4. The number of ether oxygens (including phenoxy) is 1. The highest BCUT2D eigenvalue weighted by molar-refractivity contribution is 6.05. The van der Waals surface area contributed by atoms with Crippen LogP contribution < -0.4 is 10.1 Å². The Bertz CT molecular complexity index is 1210. The number of alkyl halides is 3. The van der Waals surface area contributed by atoms with Gasteiger partial charge in [-0.15, -0.1) is 0 Å². The van der Waals surface area contributed by atoms with Crippen LogP contribution in [0.1, 0.15) is 41.6 Å². The Kier molecular flexibility index (Phi) is 5.60. The second-order valence-corrected chi connectivity index (χ2v) is 7.41. The highest BCUT2D eigenvalue weighted by Gasteiger charge is 2.40. The van der Waals surface area contributed by atoms with Crippen molar-refractivity contribution >= 4 is 17.2 Å². The number of imidazole rings is 1. The molecular weight excluding hydrogens is 423 g/mol. The minimum absolute atomic E-state index is 0.247. The van der Waals surface area contributed by atoms with Crippen molar-refractivity contribution in [1.29, 1.82) is 0 Å². The van der Waals surface area contributed by atoms with Gasteiger partial charge in [-0.2, -0.15) is 18.3 Å². The summed E-state index contributed by atoms with van der Waals surface area (Å²) in [5.41, 5.74) is 0.287. The summed E-state index contributed by atoms with van der Waals surface area (Å²) in [6.07, 6.45) is -0.0224. The van der Waals surface area contributed by atoms with Crippen LogP contribution >= 0.6 is 0 Å². The number of pyridine rings is 1. The van der Waals surface area contributed by atoms with Crippen LogP contribution in [0, 0.1) is 0 Å². The zero-order valence-corrected chi connectivity index (χ0v) is 17.3. The monoisotopic (exact) mass is 443 g/mol. The molecule has 0 fully saturated rings. The summed E-state index contributed by atoms with van der Waals surface area (Å²) in [5.74, 6) is -0.355. The molecule has 4 rings (SSSR count). The fourth-order valence-corrected chi connectivity index (χ4v) is 3.25. The number of aromatic nitrogens is 4. The molecule has 0 radical (unpaired) electrons. The summed E-state index contributed by atoms with van der Waals surface area (Å²) < 4.78 is 48.8. The number of hydrogen-bond donors (Lipinski definition) is 1. The highest BCUT2D eigenvalue weighted by atomic mass is 19.4. The van der Waals surface area contributed by atoms with Gasteiger partial charge in [0.15, 0.2) is 5.69 Å². The zero-order chi connectivity index (χ0) is 22.9. The number of nitrogens with one attached hydrogen (secondary N) is 1. The lowest BCUT2D eigenvalue weighted by atomic mass is 10.2. The van der Waals surface area contributed by atoms with E-state index in [1.807, 2.05) is 35.0 Å². The minimum atomic E-state index is -4.71. The van der Waals surface area contributed by atoms with E-state index in [2.05, 4.69) is 15.4 Å². The van der Waals surface area contributed by atoms with Crippen molar-refractivity contribution in [3.8, 4) is 5.75 Å². The van der Waals surface area contributed by atoms with E-state index in [1.54, 1.807) is 38.1 Å². The molecule has 0 aliphatic rings. The van der Waals surface area contributed by atoms with Crippen molar-refractivity contribution < 1.29 is 22.7 Å². The molecule has 0 spiro atoms. The van der Waals surface area contributed by atoms with Crippen LogP contribution in [0.15, 0.2) is 61.1 Å². The Labute approximate surface area is 181 Å². The van der Waals surface area contributed by atoms with Crippen molar-refractivity contribution in [2.24, 2.45) is 0 Å². The van der Waals surface area contributed by atoms with Crippen molar-refractivity contribution in [3.63, 3.8) is 0 Å². The molecule has 166 valence electrons. The molecule has 0 saturated carbocycles. The molecule has 0 unspecified atom stereocenters. The van der Waals surface area contributed by atoms with E-state index < -0.39 is 29.4 Å². The molecule has 10 heteroatoms. The van der Waals surface area contributed by atoms with E-state index in [4.69, 9.17) is 4.74 Å². The molecule has 0 atom stereocenters. The van der Waals surface area contributed by atoms with Crippen molar-refractivity contribution in [3.05, 3.63) is 78.0 Å². The molecule has 7 nitrogen and oxygen atoms in total. The van der Waals surface area contributed by atoms with Gasteiger partial charge in [0.05, 0.1) is 17.5 Å². The molecule has 0 saturated heterocycles. The lowest BCUT2D eigenvalue weighted by Crippen LogP contribution is -2.22. The lowest BCUT2D eigenvalue weighted by Gasteiger charge is -2.15. The van der Waals surface area contributed by atoms with Crippen molar-refractivity contribution in [2.45, 2.75) is 32.7 Å². The molecule has 0 aliphatic carbocycles. The smallest absolute Gasteiger partial charge is 0.433 e. The quantitative estimate of drug-likeness (QED) is 0.457. The van der Waals surface area contributed by atoms with Gasteiger partial charge >= 0.3 is 6.18 Å². The van der Waals surface area contributed by atoms with E-state index in [-0.39, 0.29) is 6.61 Å². The standard InChI is InChI=1S/C22H20F3N5O2/c1-14(2)30-20(22(23,24)25)18(11-26-30)21(31)28-15-6-8-17(9-7-15)32-13-16-12-29-10-4-3-5-19(29)27-16/h3-12,14H,13H2,1-2H3,(H,28,31). The van der Waals surface area contributed by atoms with E-state index >= 15 is 0 Å². The van der Waals surface area contributed by atoms with E-state index in [9.17, 15) is 18.0 Å². The minimum Gasteiger partial charge on any atom is -0.487 e. The third-order valence-electron chi connectivity index (χ3n) is 4.71. The van der Waals surface area contributed by atoms with E-state index in [1.165, 1.54) is 0 Å². The maximum Gasteiger partial charge on any atom is 0.433 e. The van der Waals surface area contributed by atoms with Crippen LogP contribution in [0.5, 0.6) is 5.75 Å². The average molecular weight is 443 g/mol. The largest absolute Gasteiger partial charge is 0.487 e. The second kappa shape index (κ2) is 8.37. The summed E-state index contributed by atoms with van der Waals surface area (Å²) >= 11 is 0. The van der Waals surface area contributed by atoms with Gasteiger partial charge in [0.1, 0.15) is 18.0 Å². The van der Waals surface area contributed by atoms with Crippen molar-refractivity contribution in [2.75, 3.05) is 5.32 Å². The van der Waals surface area contributed by atoms with Crippen LogP contribution in [0.25, 0.3) is 5.65 Å². The third kappa shape index (κ3) is 4.43. The number of rotatable bonds is 6. The number of benzene rings is 1. The van der Waals surface area contributed by atoms with Crippen LogP contribution in [0.2, 0.25) is 0 Å². The van der Waals surface area contributed by atoms with Gasteiger partial charge in [-0.25, -0.2) is 4.98 Å². The first-order chi connectivity index (χ1) is 15.2. The first kappa shape index (κ1) is 21.4. The predicted octanol–water partition coefficient (Wildman–Crippen LogP) is 4.96. The number of nitrogens with zero attached hydrogens (tertiary/aromatic N) is 4. The Morgan fingerprint density at radius 2 is 1.91 bits per heavy atom. The van der Waals surface area contributed by atoms with E-state index in [0.29, 0.717) is 11.4 Å². The molecular formula is C22H20F3N5O2. The number of fused-ring (bicyclic) bond motifs is 1. The summed E-state index contributed by atoms with van der Waals surface area (Å²) in [4.78, 5) is 16.9. The molecule has 1 aromatic carbocycles. The van der Waals surface area contributed by atoms with Gasteiger partial charge in [0.25, 0.3) is 5.91 Å². The molecule has 32 heavy (non-hydrogen) atoms. The number of amides is 1. The Hall–Kier alpha value is -3.82. The number of carbonyl (C=O) groups excluding carboxylic acids is 1. The van der Waals surface area contributed by atoms with Gasteiger partial charge in [0.2, 0.25) is 0 Å². The Balaban J connectivity index is 1.43. The summed E-state index contributed by atoms with van der Waals surface area (Å²) in [6, 6.07) is 11.5. The molecule has 4 aromatic rings. The Morgan fingerprint density at radius 1 is 1.16 bits per heavy atom. The van der Waals surface area contributed by atoms with Crippen LogP contribution in [-0.4, -0.2) is 25.1 Å². The molecule has 0 bridgehead atoms. The normalized spacial score (nSPS) is 11.8. The summed E-state index contributed by atoms with van der Waals surface area (Å²) in [6.45, 7) is 3.38. The first-order valence-corrected chi connectivity index (χ1v) is 9.84. The van der Waals surface area contributed by atoms with Crippen LogP contribution in [0.3, 0.4) is 0 Å². The number of halogens is 3. The molecule has 3 aromatic heterocycles. The SMILES string of the molecule is CC(C)n1ncc(C(=O)Nc2ccc(OCc3cn4ccccc4n3)cc2)c1C(F)(F)F. The van der Waals surface area contributed by atoms with Gasteiger partial charge in [0, 0.05) is 24.1 Å². The molecule has 3 heterocycles. The zero-order valence-electron chi connectivity index (χ0n) is 17.3. The van der Waals surface area contributed by atoms with Crippen LogP contribution in [-0.2, 0) is 12.8 Å². The number of anilines is 1. The fourth-order valence-electron chi connectivity index (χ4n) is 3.25.